The highest BCUT2D eigenvalue weighted by Gasteiger charge is 2.16. The molecule has 0 amide bonds. The fourth-order valence-electron chi connectivity index (χ4n) is 2.62. The number of benzene rings is 1. The van der Waals surface area contributed by atoms with Crippen LogP contribution in [0.15, 0.2) is 29.2 Å². The summed E-state index contributed by atoms with van der Waals surface area (Å²) >= 11 is 2.04. The summed E-state index contributed by atoms with van der Waals surface area (Å²) in [6, 6.07) is 9.09. The number of hydrogen-bond donors (Lipinski definition) is 1. The van der Waals surface area contributed by atoms with Gasteiger partial charge in [-0.3, -0.25) is 0 Å². The zero-order valence-corrected chi connectivity index (χ0v) is 12.2. The molecule has 18 heavy (non-hydrogen) atoms. The second kappa shape index (κ2) is 7.20. The van der Waals surface area contributed by atoms with Gasteiger partial charge >= 0.3 is 0 Å². The molecule has 0 radical (unpaired) electrons. The van der Waals surface area contributed by atoms with Crippen LogP contribution in [-0.2, 0) is 6.42 Å². The summed E-state index contributed by atoms with van der Waals surface area (Å²) in [6.45, 7) is 2.17. The van der Waals surface area contributed by atoms with E-state index in [1.165, 1.54) is 41.9 Å². The molecular weight excluding hydrogens is 238 g/mol. The van der Waals surface area contributed by atoms with Crippen molar-refractivity contribution in [3.05, 3.63) is 29.8 Å². The largest absolute Gasteiger partial charge is 0.327 e. The zero-order valence-electron chi connectivity index (χ0n) is 11.4. The molecular formula is C16H25NS. The highest BCUT2D eigenvalue weighted by molar-refractivity contribution is 7.99. The molecule has 1 aliphatic carbocycles. The van der Waals surface area contributed by atoms with Gasteiger partial charge in [-0.1, -0.05) is 38.0 Å². The Kier molecular flexibility index (Phi) is 5.58. The van der Waals surface area contributed by atoms with Crippen molar-refractivity contribution >= 4 is 11.8 Å². The summed E-state index contributed by atoms with van der Waals surface area (Å²) in [4.78, 5) is 1.45. The molecule has 1 atom stereocenters. The molecule has 2 rings (SSSR count). The van der Waals surface area contributed by atoms with Gasteiger partial charge < -0.3 is 5.73 Å². The van der Waals surface area contributed by atoms with Crippen LogP contribution < -0.4 is 5.73 Å². The highest BCUT2D eigenvalue weighted by Crippen LogP contribution is 2.32. The van der Waals surface area contributed by atoms with E-state index < -0.39 is 0 Å². The molecule has 0 spiro atoms. The SMILES string of the molecule is CCC(N)Cc1ccccc1SCC1CCCC1. The maximum absolute atomic E-state index is 6.08. The van der Waals surface area contributed by atoms with E-state index in [0.29, 0.717) is 6.04 Å². The van der Waals surface area contributed by atoms with Gasteiger partial charge in [0.1, 0.15) is 0 Å². The summed E-state index contributed by atoms with van der Waals surface area (Å²) in [5.41, 5.74) is 7.52. The van der Waals surface area contributed by atoms with Crippen LogP contribution in [0.4, 0.5) is 0 Å². The first-order chi connectivity index (χ1) is 8.79. The minimum absolute atomic E-state index is 0.304. The average molecular weight is 263 g/mol. The maximum atomic E-state index is 6.08. The predicted octanol–water partition coefficient (Wildman–Crippen LogP) is 4.25. The van der Waals surface area contributed by atoms with Crippen LogP contribution in [0, 0.1) is 5.92 Å². The molecule has 100 valence electrons. The Morgan fingerprint density at radius 3 is 2.72 bits per heavy atom. The van der Waals surface area contributed by atoms with Crippen LogP contribution in [0.2, 0.25) is 0 Å². The first-order valence-electron chi connectivity index (χ1n) is 7.26. The summed E-state index contributed by atoms with van der Waals surface area (Å²) in [5.74, 6) is 2.24. The second-order valence-electron chi connectivity index (χ2n) is 5.44. The van der Waals surface area contributed by atoms with Crippen molar-refractivity contribution in [2.75, 3.05) is 5.75 Å². The lowest BCUT2D eigenvalue weighted by atomic mass is 10.1. The molecule has 1 aliphatic rings. The number of thioether (sulfide) groups is 1. The molecule has 2 heteroatoms. The van der Waals surface area contributed by atoms with E-state index in [1.54, 1.807) is 0 Å². The molecule has 1 saturated carbocycles. The van der Waals surface area contributed by atoms with Gasteiger partial charge in [0, 0.05) is 16.7 Å². The lowest BCUT2D eigenvalue weighted by Crippen LogP contribution is -2.21. The molecule has 0 heterocycles. The van der Waals surface area contributed by atoms with Crippen LogP contribution >= 0.6 is 11.8 Å². The summed E-state index contributed by atoms with van der Waals surface area (Å²) in [6.07, 6.45) is 7.82. The minimum atomic E-state index is 0.304. The van der Waals surface area contributed by atoms with Gasteiger partial charge in [-0.15, -0.1) is 11.8 Å². The second-order valence-corrected chi connectivity index (χ2v) is 6.50. The monoisotopic (exact) mass is 263 g/mol. The highest BCUT2D eigenvalue weighted by atomic mass is 32.2. The Balaban J connectivity index is 1.93. The molecule has 1 unspecified atom stereocenters. The predicted molar refractivity (Wildman–Crippen MR) is 81.1 cm³/mol. The van der Waals surface area contributed by atoms with E-state index in [9.17, 15) is 0 Å². The van der Waals surface area contributed by atoms with E-state index >= 15 is 0 Å². The third kappa shape index (κ3) is 4.03. The van der Waals surface area contributed by atoms with E-state index in [1.807, 2.05) is 11.8 Å². The quantitative estimate of drug-likeness (QED) is 0.777. The van der Waals surface area contributed by atoms with E-state index in [0.717, 1.165) is 18.8 Å². The van der Waals surface area contributed by atoms with Crippen molar-refractivity contribution in [3.8, 4) is 0 Å². The minimum Gasteiger partial charge on any atom is -0.327 e. The lowest BCUT2D eigenvalue weighted by molar-refractivity contribution is 0.622. The molecule has 1 aromatic rings. The van der Waals surface area contributed by atoms with Crippen molar-refractivity contribution in [2.24, 2.45) is 11.7 Å². The van der Waals surface area contributed by atoms with Gasteiger partial charge in [-0.2, -0.15) is 0 Å². The van der Waals surface area contributed by atoms with Crippen LogP contribution in [0.5, 0.6) is 0 Å². The first kappa shape index (κ1) is 14.0. The molecule has 1 nitrogen and oxygen atoms in total. The van der Waals surface area contributed by atoms with Crippen molar-refractivity contribution in [1.29, 1.82) is 0 Å². The summed E-state index contributed by atoms with van der Waals surface area (Å²) in [5, 5.41) is 0. The lowest BCUT2D eigenvalue weighted by Gasteiger charge is -2.14. The smallest absolute Gasteiger partial charge is 0.0105 e. The molecule has 2 N–H and O–H groups in total. The van der Waals surface area contributed by atoms with Gasteiger partial charge in [-0.05, 0) is 43.2 Å². The van der Waals surface area contributed by atoms with E-state index in [2.05, 4.69) is 31.2 Å². The Morgan fingerprint density at radius 2 is 2.00 bits per heavy atom. The molecule has 1 fully saturated rings. The molecule has 0 bridgehead atoms. The van der Waals surface area contributed by atoms with Crippen LogP contribution in [0.3, 0.4) is 0 Å². The Labute approximate surface area is 116 Å². The van der Waals surface area contributed by atoms with Crippen molar-refractivity contribution in [2.45, 2.75) is 56.4 Å². The molecule has 0 aromatic heterocycles. The fraction of sp³-hybridized carbons (Fsp3) is 0.625. The zero-order chi connectivity index (χ0) is 12.8. The van der Waals surface area contributed by atoms with Crippen LogP contribution in [0.25, 0.3) is 0 Å². The number of hydrogen-bond acceptors (Lipinski definition) is 2. The molecule has 0 saturated heterocycles. The van der Waals surface area contributed by atoms with Crippen molar-refractivity contribution < 1.29 is 0 Å². The van der Waals surface area contributed by atoms with E-state index in [4.69, 9.17) is 5.73 Å². The first-order valence-corrected chi connectivity index (χ1v) is 8.24. The topological polar surface area (TPSA) is 26.0 Å². The van der Waals surface area contributed by atoms with Gasteiger partial charge in [0.05, 0.1) is 0 Å². The fourth-order valence-corrected chi connectivity index (χ4v) is 3.88. The molecule has 1 aromatic carbocycles. The van der Waals surface area contributed by atoms with Crippen LogP contribution in [0.1, 0.15) is 44.6 Å². The van der Waals surface area contributed by atoms with Crippen LogP contribution in [-0.4, -0.2) is 11.8 Å². The van der Waals surface area contributed by atoms with Gasteiger partial charge in [0.2, 0.25) is 0 Å². The molecule has 0 aliphatic heterocycles. The maximum Gasteiger partial charge on any atom is 0.0105 e. The average Bonchev–Trinajstić information content (AvgIpc) is 2.91. The Bertz CT molecular complexity index is 358. The van der Waals surface area contributed by atoms with Gasteiger partial charge in [-0.25, -0.2) is 0 Å². The Hall–Kier alpha value is -0.470. The summed E-state index contributed by atoms with van der Waals surface area (Å²) < 4.78 is 0. The Morgan fingerprint density at radius 1 is 1.28 bits per heavy atom. The van der Waals surface area contributed by atoms with Crippen molar-refractivity contribution in [3.63, 3.8) is 0 Å². The number of rotatable bonds is 6. The van der Waals surface area contributed by atoms with Gasteiger partial charge in [0.25, 0.3) is 0 Å². The third-order valence-corrected chi connectivity index (χ3v) is 5.28. The summed E-state index contributed by atoms with van der Waals surface area (Å²) in [7, 11) is 0. The number of nitrogens with two attached hydrogens (primary N) is 1. The standard InChI is InChI=1S/C16H25NS/c1-2-15(17)11-14-9-5-6-10-16(14)18-12-13-7-3-4-8-13/h5-6,9-10,13,15H,2-4,7-8,11-12,17H2,1H3. The van der Waals surface area contributed by atoms with Gasteiger partial charge in [0.15, 0.2) is 0 Å². The third-order valence-electron chi connectivity index (χ3n) is 3.93. The normalized spacial score (nSPS) is 18.1. The van der Waals surface area contributed by atoms with E-state index in [-0.39, 0.29) is 0 Å². The van der Waals surface area contributed by atoms with Crippen molar-refractivity contribution in [1.82, 2.24) is 0 Å².